The zero-order chi connectivity index (χ0) is 15.2. The second-order valence-corrected chi connectivity index (χ2v) is 6.46. The van der Waals surface area contributed by atoms with Crippen molar-refractivity contribution in [1.82, 2.24) is 5.32 Å². The Kier molecular flexibility index (Phi) is 6.06. The van der Waals surface area contributed by atoms with Crippen molar-refractivity contribution in [2.75, 3.05) is 12.8 Å². The SMILES string of the molecule is CSCc1cc(F)ccc1CNC(=O)[C@@H]1CCC[C@@H]1CN. The molecule has 0 heterocycles. The molecule has 0 unspecified atom stereocenters. The van der Waals surface area contributed by atoms with Gasteiger partial charge in [0.1, 0.15) is 5.82 Å². The van der Waals surface area contributed by atoms with Crippen LogP contribution in [-0.4, -0.2) is 18.7 Å². The Morgan fingerprint density at radius 1 is 1.43 bits per heavy atom. The van der Waals surface area contributed by atoms with Gasteiger partial charge in [-0.15, -0.1) is 0 Å². The van der Waals surface area contributed by atoms with E-state index in [2.05, 4.69) is 5.32 Å². The minimum Gasteiger partial charge on any atom is -0.352 e. The van der Waals surface area contributed by atoms with Gasteiger partial charge in [-0.3, -0.25) is 4.79 Å². The number of nitrogens with one attached hydrogen (secondary N) is 1. The Morgan fingerprint density at radius 2 is 2.24 bits per heavy atom. The Labute approximate surface area is 129 Å². The molecule has 1 saturated carbocycles. The van der Waals surface area contributed by atoms with E-state index in [0.29, 0.717) is 19.0 Å². The number of hydrogen-bond acceptors (Lipinski definition) is 3. The average Bonchev–Trinajstić information content (AvgIpc) is 2.95. The van der Waals surface area contributed by atoms with Crippen molar-refractivity contribution in [2.24, 2.45) is 17.6 Å². The molecule has 116 valence electrons. The zero-order valence-corrected chi connectivity index (χ0v) is 13.2. The number of carbonyl (C=O) groups is 1. The monoisotopic (exact) mass is 310 g/mol. The van der Waals surface area contributed by atoms with E-state index in [0.717, 1.165) is 36.1 Å². The first kappa shape index (κ1) is 16.3. The van der Waals surface area contributed by atoms with Crippen molar-refractivity contribution < 1.29 is 9.18 Å². The number of nitrogens with two attached hydrogens (primary N) is 1. The fourth-order valence-corrected chi connectivity index (χ4v) is 3.61. The molecule has 0 aromatic heterocycles. The summed E-state index contributed by atoms with van der Waals surface area (Å²) in [4.78, 5) is 12.3. The number of halogens is 1. The van der Waals surface area contributed by atoms with Crippen LogP contribution in [0.5, 0.6) is 0 Å². The van der Waals surface area contributed by atoms with Gasteiger partial charge in [0.2, 0.25) is 5.91 Å². The Hall–Kier alpha value is -1.07. The summed E-state index contributed by atoms with van der Waals surface area (Å²) in [6.07, 6.45) is 5.03. The largest absolute Gasteiger partial charge is 0.352 e. The third-order valence-corrected chi connectivity index (χ3v) is 4.82. The van der Waals surface area contributed by atoms with E-state index in [9.17, 15) is 9.18 Å². The summed E-state index contributed by atoms with van der Waals surface area (Å²) in [5.74, 6) is 0.955. The molecule has 0 saturated heterocycles. The van der Waals surface area contributed by atoms with Crippen LogP contribution in [0.25, 0.3) is 0 Å². The van der Waals surface area contributed by atoms with E-state index in [1.54, 1.807) is 23.9 Å². The van der Waals surface area contributed by atoms with Crippen LogP contribution in [0.2, 0.25) is 0 Å². The highest BCUT2D eigenvalue weighted by molar-refractivity contribution is 7.97. The third-order valence-electron chi connectivity index (χ3n) is 4.22. The second-order valence-electron chi connectivity index (χ2n) is 5.60. The highest BCUT2D eigenvalue weighted by Crippen LogP contribution is 2.31. The van der Waals surface area contributed by atoms with Crippen LogP contribution in [-0.2, 0) is 17.1 Å². The van der Waals surface area contributed by atoms with E-state index in [4.69, 9.17) is 5.73 Å². The van der Waals surface area contributed by atoms with E-state index in [1.165, 1.54) is 6.07 Å². The first-order valence-corrected chi connectivity index (χ1v) is 8.79. The van der Waals surface area contributed by atoms with Gasteiger partial charge in [-0.1, -0.05) is 12.5 Å². The predicted molar refractivity (Wildman–Crippen MR) is 85.4 cm³/mol. The Morgan fingerprint density at radius 3 is 2.95 bits per heavy atom. The van der Waals surface area contributed by atoms with Gasteiger partial charge in [0.25, 0.3) is 0 Å². The lowest BCUT2D eigenvalue weighted by Gasteiger charge is -2.18. The van der Waals surface area contributed by atoms with E-state index >= 15 is 0 Å². The van der Waals surface area contributed by atoms with Gasteiger partial charge in [0.15, 0.2) is 0 Å². The minimum atomic E-state index is -0.229. The molecule has 1 amide bonds. The Bertz CT molecular complexity index is 495. The molecule has 1 aromatic rings. The number of thioether (sulfide) groups is 1. The van der Waals surface area contributed by atoms with Gasteiger partial charge >= 0.3 is 0 Å². The quantitative estimate of drug-likeness (QED) is 0.849. The summed E-state index contributed by atoms with van der Waals surface area (Å²) in [5.41, 5.74) is 7.66. The van der Waals surface area contributed by atoms with Crippen LogP contribution in [0.3, 0.4) is 0 Å². The molecule has 21 heavy (non-hydrogen) atoms. The number of amides is 1. The standard InChI is InChI=1S/C16H23FN2OS/c1-21-10-13-7-14(17)6-5-12(13)9-19-16(20)15-4-2-3-11(15)8-18/h5-7,11,15H,2-4,8-10,18H2,1H3,(H,19,20)/t11-,15-/m1/s1. The maximum absolute atomic E-state index is 13.3. The van der Waals surface area contributed by atoms with E-state index in [1.807, 2.05) is 6.26 Å². The summed E-state index contributed by atoms with van der Waals surface area (Å²) < 4.78 is 13.3. The molecule has 3 N–H and O–H groups in total. The molecule has 0 radical (unpaired) electrons. The molecule has 1 aliphatic carbocycles. The molecule has 0 spiro atoms. The van der Waals surface area contributed by atoms with Crippen LogP contribution in [0.4, 0.5) is 4.39 Å². The highest BCUT2D eigenvalue weighted by atomic mass is 32.2. The topological polar surface area (TPSA) is 55.1 Å². The lowest BCUT2D eigenvalue weighted by molar-refractivity contribution is -0.126. The number of hydrogen-bond donors (Lipinski definition) is 2. The van der Waals surface area contributed by atoms with Gasteiger partial charge < -0.3 is 11.1 Å². The summed E-state index contributed by atoms with van der Waals surface area (Å²) in [5, 5.41) is 3.00. The molecular weight excluding hydrogens is 287 g/mol. The summed E-state index contributed by atoms with van der Waals surface area (Å²) >= 11 is 1.65. The molecule has 2 atom stereocenters. The number of benzene rings is 1. The summed E-state index contributed by atoms with van der Waals surface area (Å²) in [6.45, 7) is 1.04. The predicted octanol–water partition coefficient (Wildman–Crippen LogP) is 2.68. The maximum Gasteiger partial charge on any atom is 0.223 e. The molecule has 2 rings (SSSR count). The molecule has 3 nitrogen and oxygen atoms in total. The first-order chi connectivity index (χ1) is 10.2. The smallest absolute Gasteiger partial charge is 0.223 e. The van der Waals surface area contributed by atoms with Crippen LogP contribution in [0, 0.1) is 17.7 Å². The van der Waals surface area contributed by atoms with E-state index in [-0.39, 0.29) is 17.6 Å². The van der Waals surface area contributed by atoms with Crippen molar-refractivity contribution in [1.29, 1.82) is 0 Å². The van der Waals surface area contributed by atoms with Gasteiger partial charge in [-0.05, 0) is 54.8 Å². The van der Waals surface area contributed by atoms with Crippen LogP contribution >= 0.6 is 11.8 Å². The van der Waals surface area contributed by atoms with Crippen molar-refractivity contribution in [3.05, 3.63) is 35.1 Å². The number of carbonyl (C=O) groups excluding carboxylic acids is 1. The molecule has 1 aromatic carbocycles. The lowest BCUT2D eigenvalue weighted by atomic mass is 9.95. The summed E-state index contributed by atoms with van der Waals surface area (Å²) in [6, 6.07) is 4.76. The molecule has 1 fully saturated rings. The Balaban J connectivity index is 1.97. The normalized spacial score (nSPS) is 21.5. The maximum atomic E-state index is 13.3. The molecular formula is C16H23FN2OS. The van der Waals surface area contributed by atoms with Crippen LogP contribution in [0.15, 0.2) is 18.2 Å². The zero-order valence-electron chi connectivity index (χ0n) is 12.4. The van der Waals surface area contributed by atoms with Crippen LogP contribution in [0.1, 0.15) is 30.4 Å². The molecule has 1 aliphatic rings. The van der Waals surface area contributed by atoms with Crippen molar-refractivity contribution in [3.63, 3.8) is 0 Å². The highest BCUT2D eigenvalue weighted by Gasteiger charge is 2.31. The average molecular weight is 310 g/mol. The first-order valence-electron chi connectivity index (χ1n) is 7.39. The van der Waals surface area contributed by atoms with Gasteiger partial charge in [0.05, 0.1) is 0 Å². The molecule has 0 aliphatic heterocycles. The van der Waals surface area contributed by atoms with Crippen molar-refractivity contribution in [3.8, 4) is 0 Å². The van der Waals surface area contributed by atoms with Crippen molar-refractivity contribution >= 4 is 17.7 Å². The second kappa shape index (κ2) is 7.80. The molecule has 5 heteroatoms. The van der Waals surface area contributed by atoms with Gasteiger partial charge in [0, 0.05) is 18.2 Å². The van der Waals surface area contributed by atoms with Crippen LogP contribution < -0.4 is 11.1 Å². The fourth-order valence-electron chi connectivity index (χ4n) is 3.03. The van der Waals surface area contributed by atoms with E-state index < -0.39 is 0 Å². The van der Waals surface area contributed by atoms with Gasteiger partial charge in [-0.25, -0.2) is 4.39 Å². The third kappa shape index (κ3) is 4.20. The van der Waals surface area contributed by atoms with Gasteiger partial charge in [-0.2, -0.15) is 11.8 Å². The fraction of sp³-hybridized carbons (Fsp3) is 0.562. The number of rotatable bonds is 6. The lowest BCUT2D eigenvalue weighted by Crippen LogP contribution is -2.34. The van der Waals surface area contributed by atoms with Crippen molar-refractivity contribution in [2.45, 2.75) is 31.6 Å². The summed E-state index contributed by atoms with van der Waals surface area (Å²) in [7, 11) is 0. The minimum absolute atomic E-state index is 0.0412. The molecule has 0 bridgehead atoms.